The van der Waals surface area contributed by atoms with Crippen molar-refractivity contribution in [2.24, 2.45) is 11.1 Å². The Kier molecular flexibility index (Phi) is 4.97. The molecule has 0 radical (unpaired) electrons. The molecule has 1 aliphatic carbocycles. The van der Waals surface area contributed by atoms with Gasteiger partial charge in [-0.25, -0.2) is 0 Å². The predicted molar refractivity (Wildman–Crippen MR) is 86.2 cm³/mol. The molecule has 104 valence electrons. The van der Waals surface area contributed by atoms with Crippen LogP contribution in [-0.2, 0) is 11.3 Å². The lowest BCUT2D eigenvalue weighted by atomic mass is 9.73. The van der Waals surface area contributed by atoms with Gasteiger partial charge in [-0.2, -0.15) is 0 Å². The summed E-state index contributed by atoms with van der Waals surface area (Å²) in [5, 5.41) is 4.99. The SMILES string of the molecule is NC(=S)C1(C(=O)NCc2sccc2Br)CCCCC1. The summed E-state index contributed by atoms with van der Waals surface area (Å²) in [5.41, 5.74) is 5.22. The third-order valence-corrected chi connectivity index (χ3v) is 6.03. The molecule has 6 heteroatoms. The normalized spacial score (nSPS) is 17.9. The molecule has 3 N–H and O–H groups in total. The standard InChI is InChI=1S/C13H17BrN2OS2/c14-9-4-7-19-10(9)8-16-12(17)13(11(15)18)5-2-1-3-6-13/h4,7H,1-3,5-6,8H2,(H2,15,18)(H,16,17). The molecule has 1 amide bonds. The maximum Gasteiger partial charge on any atom is 0.233 e. The van der Waals surface area contributed by atoms with Gasteiger partial charge in [0, 0.05) is 9.35 Å². The average Bonchev–Trinajstić information content (AvgIpc) is 2.82. The van der Waals surface area contributed by atoms with E-state index in [-0.39, 0.29) is 5.91 Å². The lowest BCUT2D eigenvalue weighted by Crippen LogP contribution is -2.49. The summed E-state index contributed by atoms with van der Waals surface area (Å²) in [6.07, 6.45) is 4.76. The monoisotopic (exact) mass is 360 g/mol. The highest BCUT2D eigenvalue weighted by Gasteiger charge is 2.42. The number of hydrogen-bond acceptors (Lipinski definition) is 3. The van der Waals surface area contributed by atoms with E-state index in [0.717, 1.165) is 41.5 Å². The van der Waals surface area contributed by atoms with Crippen molar-refractivity contribution in [3.8, 4) is 0 Å². The van der Waals surface area contributed by atoms with Crippen molar-refractivity contribution in [3.63, 3.8) is 0 Å². The minimum absolute atomic E-state index is 0.0139. The number of nitrogens with two attached hydrogens (primary N) is 1. The van der Waals surface area contributed by atoms with Gasteiger partial charge in [-0.05, 0) is 40.2 Å². The van der Waals surface area contributed by atoms with Crippen molar-refractivity contribution >= 4 is 50.4 Å². The molecule has 0 spiro atoms. The molecular formula is C13H17BrN2OS2. The van der Waals surface area contributed by atoms with Crippen molar-refractivity contribution in [2.75, 3.05) is 0 Å². The first-order valence-corrected chi connectivity index (χ1v) is 8.44. The molecule has 19 heavy (non-hydrogen) atoms. The zero-order chi connectivity index (χ0) is 13.9. The lowest BCUT2D eigenvalue weighted by Gasteiger charge is -2.34. The van der Waals surface area contributed by atoms with Crippen molar-refractivity contribution in [1.29, 1.82) is 0 Å². The summed E-state index contributed by atoms with van der Waals surface area (Å²) in [7, 11) is 0. The highest BCUT2D eigenvalue weighted by Crippen LogP contribution is 2.37. The second-order valence-electron chi connectivity index (χ2n) is 4.88. The van der Waals surface area contributed by atoms with Gasteiger partial charge in [0.2, 0.25) is 5.91 Å². The minimum Gasteiger partial charge on any atom is -0.392 e. The molecule has 0 bridgehead atoms. The Morgan fingerprint density at radius 3 is 2.68 bits per heavy atom. The first kappa shape index (κ1) is 14.9. The Balaban J connectivity index is 2.04. The van der Waals surface area contributed by atoms with Crippen molar-refractivity contribution in [2.45, 2.75) is 38.6 Å². The number of thiophene rings is 1. The van der Waals surface area contributed by atoms with Gasteiger partial charge >= 0.3 is 0 Å². The van der Waals surface area contributed by atoms with Crippen molar-refractivity contribution < 1.29 is 4.79 Å². The van der Waals surface area contributed by atoms with E-state index in [1.165, 1.54) is 0 Å². The van der Waals surface area contributed by atoms with E-state index in [9.17, 15) is 4.79 Å². The maximum atomic E-state index is 12.5. The second kappa shape index (κ2) is 6.33. The van der Waals surface area contributed by atoms with Crippen LogP contribution in [0, 0.1) is 5.41 Å². The molecule has 3 nitrogen and oxygen atoms in total. The summed E-state index contributed by atoms with van der Waals surface area (Å²) >= 11 is 10.2. The Bertz CT molecular complexity index is 481. The second-order valence-corrected chi connectivity index (χ2v) is 7.18. The Morgan fingerprint density at radius 1 is 1.47 bits per heavy atom. The molecule has 0 saturated heterocycles. The molecule has 0 unspecified atom stereocenters. The molecule has 1 heterocycles. The summed E-state index contributed by atoms with van der Waals surface area (Å²) in [6.45, 7) is 0.529. The molecule has 1 fully saturated rings. The fraction of sp³-hybridized carbons (Fsp3) is 0.538. The van der Waals surface area contributed by atoms with E-state index in [1.54, 1.807) is 11.3 Å². The zero-order valence-electron chi connectivity index (χ0n) is 10.6. The van der Waals surface area contributed by atoms with Crippen LogP contribution in [0.4, 0.5) is 0 Å². The van der Waals surface area contributed by atoms with Crippen LogP contribution in [-0.4, -0.2) is 10.9 Å². The summed E-state index contributed by atoms with van der Waals surface area (Å²) in [4.78, 5) is 13.9. The number of carbonyl (C=O) groups is 1. The maximum absolute atomic E-state index is 12.5. The molecule has 0 aliphatic heterocycles. The van der Waals surface area contributed by atoms with Gasteiger partial charge in [-0.15, -0.1) is 11.3 Å². The first-order valence-electron chi connectivity index (χ1n) is 6.36. The van der Waals surface area contributed by atoms with E-state index in [1.807, 2.05) is 11.4 Å². The molecule has 0 aromatic carbocycles. The topological polar surface area (TPSA) is 55.1 Å². The van der Waals surface area contributed by atoms with Crippen molar-refractivity contribution in [3.05, 3.63) is 20.8 Å². The number of halogens is 1. The number of thiocarbonyl (C=S) groups is 1. The smallest absolute Gasteiger partial charge is 0.233 e. The van der Waals surface area contributed by atoms with E-state index in [0.29, 0.717) is 11.5 Å². The number of nitrogens with one attached hydrogen (secondary N) is 1. The van der Waals surface area contributed by atoms with Crippen LogP contribution in [0.25, 0.3) is 0 Å². The van der Waals surface area contributed by atoms with Crippen LogP contribution >= 0.6 is 39.5 Å². The van der Waals surface area contributed by atoms with Crippen LogP contribution in [0.5, 0.6) is 0 Å². The highest BCUT2D eigenvalue weighted by atomic mass is 79.9. The van der Waals surface area contributed by atoms with E-state index < -0.39 is 5.41 Å². The summed E-state index contributed by atoms with van der Waals surface area (Å²) in [5.74, 6) is -0.0139. The molecule has 1 aliphatic rings. The highest BCUT2D eigenvalue weighted by molar-refractivity contribution is 9.10. The van der Waals surface area contributed by atoms with Gasteiger partial charge in [-0.1, -0.05) is 31.5 Å². The Hall–Kier alpha value is -0.460. The fourth-order valence-corrected chi connectivity index (χ4v) is 4.25. The molecule has 1 saturated carbocycles. The van der Waals surface area contributed by atoms with E-state index in [4.69, 9.17) is 18.0 Å². The predicted octanol–water partition coefficient (Wildman–Crippen LogP) is 3.36. The summed E-state index contributed by atoms with van der Waals surface area (Å²) < 4.78 is 1.03. The van der Waals surface area contributed by atoms with Gasteiger partial charge in [0.05, 0.1) is 16.9 Å². The molecule has 1 aromatic rings. The quantitative estimate of drug-likeness (QED) is 0.809. The molecule has 1 aromatic heterocycles. The van der Waals surface area contributed by atoms with Crippen LogP contribution in [0.3, 0.4) is 0 Å². The zero-order valence-corrected chi connectivity index (χ0v) is 13.8. The van der Waals surface area contributed by atoms with Crippen molar-refractivity contribution in [1.82, 2.24) is 5.32 Å². The van der Waals surface area contributed by atoms with Gasteiger partial charge in [-0.3, -0.25) is 4.79 Å². The summed E-state index contributed by atoms with van der Waals surface area (Å²) in [6, 6.07) is 1.98. The van der Waals surface area contributed by atoms with Gasteiger partial charge in [0.25, 0.3) is 0 Å². The van der Waals surface area contributed by atoms with Gasteiger partial charge in [0.15, 0.2) is 0 Å². The minimum atomic E-state index is -0.628. The Labute approximate surface area is 131 Å². The van der Waals surface area contributed by atoms with E-state index in [2.05, 4.69) is 21.2 Å². The number of carbonyl (C=O) groups excluding carboxylic acids is 1. The lowest BCUT2D eigenvalue weighted by molar-refractivity contribution is -0.129. The van der Waals surface area contributed by atoms with Gasteiger partial charge < -0.3 is 11.1 Å². The van der Waals surface area contributed by atoms with Gasteiger partial charge in [0.1, 0.15) is 0 Å². The van der Waals surface area contributed by atoms with Crippen LogP contribution in [0.1, 0.15) is 37.0 Å². The molecule has 0 atom stereocenters. The van der Waals surface area contributed by atoms with Crippen LogP contribution < -0.4 is 11.1 Å². The average molecular weight is 361 g/mol. The number of rotatable bonds is 4. The van der Waals surface area contributed by atoms with Crippen LogP contribution in [0.2, 0.25) is 0 Å². The number of amides is 1. The number of hydrogen-bond donors (Lipinski definition) is 2. The third-order valence-electron chi connectivity index (χ3n) is 3.71. The molecule has 2 rings (SSSR count). The van der Waals surface area contributed by atoms with Crippen LogP contribution in [0.15, 0.2) is 15.9 Å². The Morgan fingerprint density at radius 2 is 2.16 bits per heavy atom. The third kappa shape index (κ3) is 3.17. The first-order chi connectivity index (χ1) is 9.06. The van der Waals surface area contributed by atoms with E-state index >= 15 is 0 Å². The molecular weight excluding hydrogens is 344 g/mol. The fourth-order valence-electron chi connectivity index (χ4n) is 2.52. The largest absolute Gasteiger partial charge is 0.392 e.